The van der Waals surface area contributed by atoms with Crippen molar-refractivity contribution in [2.45, 2.75) is 13.0 Å². The number of carbonyl (C=O) groups is 1. The molecule has 1 aromatic carbocycles. The molecule has 0 radical (unpaired) electrons. The van der Waals surface area contributed by atoms with Crippen molar-refractivity contribution in [1.82, 2.24) is 9.80 Å². The van der Waals surface area contributed by atoms with Gasteiger partial charge in [0, 0.05) is 39.3 Å². The fourth-order valence-corrected chi connectivity index (χ4v) is 2.60. The van der Waals surface area contributed by atoms with E-state index in [1.54, 1.807) is 0 Å². The minimum absolute atomic E-state index is 0.0574. The van der Waals surface area contributed by atoms with Crippen molar-refractivity contribution in [3.05, 3.63) is 35.9 Å². The van der Waals surface area contributed by atoms with Crippen LogP contribution in [0.5, 0.6) is 0 Å². The van der Waals surface area contributed by atoms with Crippen LogP contribution in [0.2, 0.25) is 0 Å². The van der Waals surface area contributed by atoms with Gasteiger partial charge in [0.1, 0.15) is 5.88 Å². The molecule has 4 nitrogen and oxygen atoms in total. The highest BCUT2D eigenvalue weighted by Crippen LogP contribution is 2.08. The zero-order valence-electron chi connectivity index (χ0n) is 12.3. The van der Waals surface area contributed by atoms with E-state index in [1.165, 1.54) is 5.56 Å². The lowest BCUT2D eigenvalue weighted by molar-refractivity contribution is -0.140. The highest BCUT2D eigenvalue weighted by atomic mass is 35.5. The summed E-state index contributed by atoms with van der Waals surface area (Å²) >= 11 is 5.37. The summed E-state index contributed by atoms with van der Waals surface area (Å²) in [7, 11) is 0. The van der Waals surface area contributed by atoms with E-state index in [9.17, 15) is 4.79 Å². The number of alkyl halides is 1. The van der Waals surface area contributed by atoms with Crippen molar-refractivity contribution in [1.29, 1.82) is 0 Å². The zero-order valence-corrected chi connectivity index (χ0v) is 13.1. The Hall–Kier alpha value is -1.10. The summed E-state index contributed by atoms with van der Waals surface area (Å²) in [5, 5.41) is 0. The number of ether oxygens (including phenoxy) is 1. The lowest BCUT2D eigenvalue weighted by Gasteiger charge is -2.34. The number of piperazine rings is 1. The van der Waals surface area contributed by atoms with Gasteiger partial charge in [-0.15, -0.1) is 11.6 Å². The van der Waals surface area contributed by atoms with Crippen molar-refractivity contribution in [3.8, 4) is 0 Å². The highest BCUT2D eigenvalue weighted by molar-refractivity contribution is 6.26. The molecule has 1 fully saturated rings. The number of nitrogens with zero attached hydrogens (tertiary/aromatic N) is 2. The minimum atomic E-state index is -0.329. The van der Waals surface area contributed by atoms with E-state index in [4.69, 9.17) is 16.3 Å². The van der Waals surface area contributed by atoms with Crippen LogP contribution in [-0.2, 0) is 16.1 Å². The topological polar surface area (TPSA) is 32.8 Å². The first kappa shape index (κ1) is 16.3. The third-order valence-corrected chi connectivity index (χ3v) is 3.92. The summed E-state index contributed by atoms with van der Waals surface area (Å²) in [5.41, 5.74) is 1.37. The van der Waals surface area contributed by atoms with Gasteiger partial charge in [-0.2, -0.15) is 0 Å². The molecule has 5 heteroatoms. The molecule has 1 aliphatic rings. The Morgan fingerprint density at radius 2 is 1.76 bits per heavy atom. The molecule has 0 bridgehead atoms. The average Bonchev–Trinajstić information content (AvgIpc) is 2.54. The average molecular weight is 311 g/mol. The van der Waals surface area contributed by atoms with Gasteiger partial charge in [0.05, 0.1) is 6.61 Å². The molecule has 0 spiro atoms. The number of carbonyl (C=O) groups excluding carboxylic acids is 1. The summed E-state index contributed by atoms with van der Waals surface area (Å²) in [6.07, 6.45) is 0.876. The molecule has 0 N–H and O–H groups in total. The first-order chi connectivity index (χ1) is 10.3. The molecule has 1 heterocycles. The molecule has 0 aromatic heterocycles. The molecule has 1 aliphatic heterocycles. The van der Waals surface area contributed by atoms with Crippen LogP contribution < -0.4 is 0 Å². The van der Waals surface area contributed by atoms with Gasteiger partial charge in [-0.25, -0.2) is 0 Å². The van der Waals surface area contributed by atoms with Crippen LogP contribution in [-0.4, -0.2) is 61.0 Å². The predicted molar refractivity (Wildman–Crippen MR) is 84.5 cm³/mol. The van der Waals surface area contributed by atoms with E-state index in [0.717, 1.165) is 45.7 Å². The Morgan fingerprint density at radius 3 is 2.43 bits per heavy atom. The number of esters is 1. The second-order valence-electron chi connectivity index (χ2n) is 5.31. The summed E-state index contributed by atoms with van der Waals surface area (Å²) < 4.78 is 4.97. The fourth-order valence-electron chi connectivity index (χ4n) is 2.53. The number of benzene rings is 1. The highest BCUT2D eigenvalue weighted by Gasteiger charge is 2.16. The van der Waals surface area contributed by atoms with Crippen molar-refractivity contribution in [2.24, 2.45) is 0 Å². The van der Waals surface area contributed by atoms with Gasteiger partial charge in [0.15, 0.2) is 0 Å². The fraction of sp³-hybridized carbons (Fsp3) is 0.562. The predicted octanol–water partition coefficient (Wildman–Crippen LogP) is 1.98. The Labute approximate surface area is 131 Å². The first-order valence-electron chi connectivity index (χ1n) is 7.48. The molecular formula is C16H23ClN2O2. The Morgan fingerprint density at radius 1 is 1.10 bits per heavy atom. The molecular weight excluding hydrogens is 288 g/mol. The molecule has 1 aromatic rings. The van der Waals surface area contributed by atoms with Crippen molar-refractivity contribution in [2.75, 3.05) is 45.2 Å². The van der Waals surface area contributed by atoms with Gasteiger partial charge >= 0.3 is 5.97 Å². The molecule has 0 atom stereocenters. The van der Waals surface area contributed by atoms with Crippen LogP contribution >= 0.6 is 11.6 Å². The van der Waals surface area contributed by atoms with Crippen LogP contribution in [0.1, 0.15) is 12.0 Å². The van der Waals surface area contributed by atoms with E-state index in [-0.39, 0.29) is 11.8 Å². The molecule has 2 rings (SSSR count). The SMILES string of the molecule is O=C(CCl)OCCCN1CCN(Cc2ccccc2)CC1. The zero-order chi connectivity index (χ0) is 14.9. The molecule has 21 heavy (non-hydrogen) atoms. The third kappa shape index (κ3) is 6.04. The first-order valence-corrected chi connectivity index (χ1v) is 8.01. The largest absolute Gasteiger partial charge is 0.465 e. The maximum Gasteiger partial charge on any atom is 0.320 e. The number of hydrogen-bond acceptors (Lipinski definition) is 4. The summed E-state index contributed by atoms with van der Waals surface area (Å²) in [6, 6.07) is 10.6. The van der Waals surface area contributed by atoms with Gasteiger partial charge < -0.3 is 9.64 Å². The molecule has 1 saturated heterocycles. The lowest BCUT2D eigenvalue weighted by atomic mass is 10.2. The molecule has 0 unspecified atom stereocenters. The summed E-state index contributed by atoms with van der Waals surface area (Å²) in [6.45, 7) is 6.83. The normalized spacial score (nSPS) is 16.8. The Kier molecular flexibility index (Phi) is 7.00. The second-order valence-corrected chi connectivity index (χ2v) is 5.58. The van der Waals surface area contributed by atoms with Crippen LogP contribution in [0.3, 0.4) is 0 Å². The maximum absolute atomic E-state index is 10.9. The van der Waals surface area contributed by atoms with E-state index >= 15 is 0 Å². The van der Waals surface area contributed by atoms with E-state index < -0.39 is 0 Å². The molecule has 0 amide bonds. The smallest absolute Gasteiger partial charge is 0.320 e. The quantitative estimate of drug-likeness (QED) is 0.438. The van der Waals surface area contributed by atoms with Gasteiger partial charge in [-0.1, -0.05) is 30.3 Å². The minimum Gasteiger partial charge on any atom is -0.465 e. The lowest BCUT2D eigenvalue weighted by Crippen LogP contribution is -2.46. The van der Waals surface area contributed by atoms with Crippen LogP contribution in [0.15, 0.2) is 30.3 Å². The van der Waals surface area contributed by atoms with Gasteiger partial charge in [-0.3, -0.25) is 9.69 Å². The number of rotatable bonds is 7. The number of hydrogen-bond donors (Lipinski definition) is 0. The monoisotopic (exact) mass is 310 g/mol. The molecule has 0 aliphatic carbocycles. The summed E-state index contributed by atoms with van der Waals surface area (Å²) in [5.74, 6) is -0.387. The van der Waals surface area contributed by atoms with Gasteiger partial charge in [-0.05, 0) is 12.0 Å². The third-order valence-electron chi connectivity index (χ3n) is 3.70. The second kappa shape index (κ2) is 9.03. The van der Waals surface area contributed by atoms with E-state index in [0.29, 0.717) is 6.61 Å². The van der Waals surface area contributed by atoms with Crippen LogP contribution in [0.4, 0.5) is 0 Å². The van der Waals surface area contributed by atoms with Crippen molar-refractivity contribution in [3.63, 3.8) is 0 Å². The van der Waals surface area contributed by atoms with Gasteiger partial charge in [0.25, 0.3) is 0 Å². The van der Waals surface area contributed by atoms with Gasteiger partial charge in [0.2, 0.25) is 0 Å². The van der Waals surface area contributed by atoms with Crippen LogP contribution in [0, 0.1) is 0 Å². The Bertz CT molecular complexity index is 420. The van der Waals surface area contributed by atoms with E-state index in [2.05, 4.69) is 40.1 Å². The molecule has 0 saturated carbocycles. The maximum atomic E-state index is 10.9. The van der Waals surface area contributed by atoms with Crippen molar-refractivity contribution < 1.29 is 9.53 Å². The Balaban J connectivity index is 1.59. The standard InChI is InChI=1S/C16H23ClN2O2/c17-13-16(20)21-12-4-7-18-8-10-19(11-9-18)14-15-5-2-1-3-6-15/h1-3,5-6H,4,7-14H2. The summed E-state index contributed by atoms with van der Waals surface area (Å²) in [4.78, 5) is 15.8. The molecule has 116 valence electrons. The van der Waals surface area contributed by atoms with Crippen molar-refractivity contribution >= 4 is 17.6 Å². The number of halogens is 1. The van der Waals surface area contributed by atoms with E-state index in [1.807, 2.05) is 0 Å². The van der Waals surface area contributed by atoms with Crippen LogP contribution in [0.25, 0.3) is 0 Å².